The number of nitro groups is 1. The molecule has 2 aromatic carbocycles. The van der Waals surface area contributed by atoms with Crippen molar-refractivity contribution in [1.82, 2.24) is 5.32 Å². The van der Waals surface area contributed by atoms with Crippen molar-refractivity contribution >= 4 is 29.0 Å². The number of esters is 1. The highest BCUT2D eigenvalue weighted by molar-refractivity contribution is 6.15. The van der Waals surface area contributed by atoms with Crippen LogP contribution < -0.4 is 10.6 Å². The standard InChI is InChI=1S/C19H16F3N3O6/c1-23-14-7-6-11(8-15(14)25(29)30)17(27)12-4-2-3-5-13(12)18(28)31-9-16(26)24-10-19(20,21)22/h2-8,23H,9-10H2,1H3,(H,24,26). The van der Waals surface area contributed by atoms with Crippen molar-refractivity contribution in [3.05, 3.63) is 69.3 Å². The summed E-state index contributed by atoms with van der Waals surface area (Å²) in [6.07, 6.45) is -4.62. The number of hydrogen-bond acceptors (Lipinski definition) is 7. The Morgan fingerprint density at radius 3 is 2.32 bits per heavy atom. The van der Waals surface area contributed by atoms with Gasteiger partial charge in [-0.1, -0.05) is 18.2 Å². The van der Waals surface area contributed by atoms with Crippen LogP contribution in [0.15, 0.2) is 42.5 Å². The predicted octanol–water partition coefficient (Wildman–Crippen LogP) is 2.70. The zero-order valence-electron chi connectivity index (χ0n) is 16.0. The highest BCUT2D eigenvalue weighted by Crippen LogP contribution is 2.27. The summed E-state index contributed by atoms with van der Waals surface area (Å²) in [5.41, 5.74) is -0.658. The zero-order valence-corrected chi connectivity index (χ0v) is 16.0. The van der Waals surface area contributed by atoms with Crippen LogP contribution >= 0.6 is 0 Å². The fourth-order valence-corrected chi connectivity index (χ4v) is 2.51. The third-order valence-corrected chi connectivity index (χ3v) is 3.94. The largest absolute Gasteiger partial charge is 0.452 e. The maximum absolute atomic E-state index is 12.8. The second-order valence-electron chi connectivity index (χ2n) is 6.08. The molecule has 0 atom stereocenters. The van der Waals surface area contributed by atoms with Gasteiger partial charge in [-0.25, -0.2) is 4.79 Å². The maximum atomic E-state index is 12.8. The van der Waals surface area contributed by atoms with Crippen LogP contribution in [0.3, 0.4) is 0 Å². The lowest BCUT2D eigenvalue weighted by molar-refractivity contribution is -0.384. The molecule has 0 heterocycles. The van der Waals surface area contributed by atoms with E-state index in [9.17, 15) is 37.7 Å². The summed E-state index contributed by atoms with van der Waals surface area (Å²) >= 11 is 0. The maximum Gasteiger partial charge on any atom is 0.405 e. The number of anilines is 1. The molecule has 0 fully saturated rings. The van der Waals surface area contributed by atoms with Gasteiger partial charge in [-0.05, 0) is 18.2 Å². The monoisotopic (exact) mass is 439 g/mol. The van der Waals surface area contributed by atoms with Crippen LogP contribution in [0.1, 0.15) is 26.3 Å². The van der Waals surface area contributed by atoms with Crippen LogP contribution in [0.25, 0.3) is 0 Å². The number of hydrogen-bond donors (Lipinski definition) is 2. The first-order chi connectivity index (χ1) is 14.5. The molecule has 0 saturated carbocycles. The second-order valence-corrected chi connectivity index (χ2v) is 6.08. The third-order valence-electron chi connectivity index (χ3n) is 3.94. The van der Waals surface area contributed by atoms with E-state index in [-0.39, 0.29) is 28.1 Å². The van der Waals surface area contributed by atoms with Crippen molar-refractivity contribution in [3.8, 4) is 0 Å². The fourth-order valence-electron chi connectivity index (χ4n) is 2.51. The lowest BCUT2D eigenvalue weighted by atomic mass is 9.97. The summed E-state index contributed by atoms with van der Waals surface area (Å²) in [7, 11) is 1.47. The number of carbonyl (C=O) groups excluding carboxylic acids is 3. The average molecular weight is 439 g/mol. The molecule has 2 N–H and O–H groups in total. The van der Waals surface area contributed by atoms with E-state index in [0.717, 1.165) is 6.07 Å². The van der Waals surface area contributed by atoms with Gasteiger partial charge >= 0.3 is 12.1 Å². The molecule has 0 saturated heterocycles. The summed E-state index contributed by atoms with van der Waals surface area (Å²) in [6, 6.07) is 9.05. The molecule has 0 aliphatic rings. The van der Waals surface area contributed by atoms with Gasteiger partial charge in [0.25, 0.3) is 11.6 Å². The Bertz CT molecular complexity index is 1020. The summed E-state index contributed by atoms with van der Waals surface area (Å²) in [5, 5.41) is 15.4. The number of benzene rings is 2. The van der Waals surface area contributed by atoms with Crippen LogP contribution in [0.5, 0.6) is 0 Å². The van der Waals surface area contributed by atoms with E-state index in [2.05, 4.69) is 5.32 Å². The van der Waals surface area contributed by atoms with Crippen molar-refractivity contribution in [3.63, 3.8) is 0 Å². The summed E-state index contributed by atoms with van der Waals surface area (Å²) in [6.45, 7) is -2.57. The number of amides is 1. The van der Waals surface area contributed by atoms with E-state index in [4.69, 9.17) is 4.74 Å². The lowest BCUT2D eigenvalue weighted by Gasteiger charge is -2.11. The minimum absolute atomic E-state index is 0.0751. The summed E-state index contributed by atoms with van der Waals surface area (Å²) in [5.74, 6) is -3.01. The van der Waals surface area contributed by atoms with Gasteiger partial charge in [0.2, 0.25) is 0 Å². The van der Waals surface area contributed by atoms with E-state index in [1.54, 1.807) is 5.32 Å². The van der Waals surface area contributed by atoms with Crippen molar-refractivity contribution in [2.45, 2.75) is 6.18 Å². The van der Waals surface area contributed by atoms with Gasteiger partial charge in [-0.15, -0.1) is 0 Å². The molecule has 0 unspecified atom stereocenters. The SMILES string of the molecule is CNc1ccc(C(=O)c2ccccc2C(=O)OCC(=O)NCC(F)(F)F)cc1[N+](=O)[O-]. The molecule has 12 heteroatoms. The van der Waals surface area contributed by atoms with E-state index in [1.165, 1.54) is 43.4 Å². The molecule has 0 aliphatic carbocycles. The number of nitrogens with one attached hydrogen (secondary N) is 2. The van der Waals surface area contributed by atoms with Crippen molar-refractivity contribution in [1.29, 1.82) is 0 Å². The first-order valence-corrected chi connectivity index (χ1v) is 8.64. The Labute approximate surface area is 173 Å². The average Bonchev–Trinajstić information content (AvgIpc) is 2.74. The van der Waals surface area contributed by atoms with Crippen LogP contribution in [-0.2, 0) is 9.53 Å². The van der Waals surface area contributed by atoms with E-state index >= 15 is 0 Å². The number of ketones is 1. The Hall–Kier alpha value is -3.96. The van der Waals surface area contributed by atoms with E-state index < -0.39 is 41.9 Å². The molecule has 0 radical (unpaired) electrons. The first kappa shape index (κ1) is 23.3. The minimum atomic E-state index is -4.62. The Morgan fingerprint density at radius 2 is 1.74 bits per heavy atom. The van der Waals surface area contributed by atoms with Crippen molar-refractivity contribution in [2.24, 2.45) is 0 Å². The third kappa shape index (κ3) is 6.26. The van der Waals surface area contributed by atoms with Crippen molar-refractivity contribution in [2.75, 3.05) is 25.5 Å². The molecule has 0 aromatic heterocycles. The molecule has 2 aromatic rings. The number of halogens is 3. The smallest absolute Gasteiger partial charge is 0.405 e. The highest BCUT2D eigenvalue weighted by atomic mass is 19.4. The molecule has 164 valence electrons. The van der Waals surface area contributed by atoms with E-state index in [0.29, 0.717) is 0 Å². The molecule has 31 heavy (non-hydrogen) atoms. The molecular formula is C19H16F3N3O6. The summed E-state index contributed by atoms with van der Waals surface area (Å²) in [4.78, 5) is 47.1. The van der Waals surface area contributed by atoms with Gasteiger partial charge in [-0.2, -0.15) is 13.2 Å². The Morgan fingerprint density at radius 1 is 1.10 bits per heavy atom. The molecule has 0 spiro atoms. The molecule has 2 rings (SSSR count). The molecule has 0 bridgehead atoms. The van der Waals surface area contributed by atoms with Gasteiger partial charge in [0.15, 0.2) is 12.4 Å². The predicted molar refractivity (Wildman–Crippen MR) is 102 cm³/mol. The van der Waals surface area contributed by atoms with Gasteiger partial charge in [0, 0.05) is 24.2 Å². The van der Waals surface area contributed by atoms with Gasteiger partial charge in [-0.3, -0.25) is 19.7 Å². The number of rotatable bonds is 8. The molecule has 1 amide bonds. The Kier molecular flexibility index (Phi) is 7.29. The van der Waals surface area contributed by atoms with Crippen LogP contribution in [-0.4, -0.2) is 49.0 Å². The van der Waals surface area contributed by atoms with Crippen LogP contribution in [0, 0.1) is 10.1 Å². The topological polar surface area (TPSA) is 128 Å². The second kappa shape index (κ2) is 9.69. The van der Waals surface area contributed by atoms with Crippen LogP contribution in [0.2, 0.25) is 0 Å². The number of nitrogens with zero attached hydrogens (tertiary/aromatic N) is 1. The highest BCUT2D eigenvalue weighted by Gasteiger charge is 2.28. The van der Waals surface area contributed by atoms with Gasteiger partial charge in [0.1, 0.15) is 12.2 Å². The molecule has 9 nitrogen and oxygen atoms in total. The fraction of sp³-hybridized carbons (Fsp3) is 0.211. The number of nitro benzene ring substituents is 1. The first-order valence-electron chi connectivity index (χ1n) is 8.64. The Balaban J connectivity index is 2.21. The quantitative estimate of drug-likeness (QED) is 0.280. The lowest BCUT2D eigenvalue weighted by Crippen LogP contribution is -2.36. The van der Waals surface area contributed by atoms with Crippen molar-refractivity contribution < 1.29 is 37.2 Å². The number of ether oxygens (including phenoxy) is 1. The number of carbonyl (C=O) groups is 3. The molecular weight excluding hydrogens is 423 g/mol. The normalized spacial score (nSPS) is 10.8. The van der Waals surface area contributed by atoms with Gasteiger partial charge < -0.3 is 15.4 Å². The molecule has 0 aliphatic heterocycles. The van der Waals surface area contributed by atoms with Gasteiger partial charge in [0.05, 0.1) is 10.5 Å². The number of alkyl halides is 3. The zero-order chi connectivity index (χ0) is 23.2. The van der Waals surface area contributed by atoms with E-state index in [1.807, 2.05) is 0 Å². The van der Waals surface area contributed by atoms with Crippen LogP contribution in [0.4, 0.5) is 24.5 Å². The summed E-state index contributed by atoms with van der Waals surface area (Å²) < 4.78 is 41.0. The minimum Gasteiger partial charge on any atom is -0.452 e.